The molecule has 0 aliphatic carbocycles. The van der Waals surface area contributed by atoms with Crippen molar-refractivity contribution < 1.29 is 37.6 Å². The first kappa shape index (κ1) is 52.5. The van der Waals surface area contributed by atoms with E-state index in [-0.39, 0.29) is 32.6 Å². The third-order valence-corrected chi connectivity index (χ3v) is 9.57. The zero-order valence-corrected chi connectivity index (χ0v) is 35.5. The van der Waals surface area contributed by atoms with Crippen LogP contribution in [-0.4, -0.2) is 44.4 Å². The number of phosphoric ester groups is 1. The molecule has 0 aliphatic rings. The van der Waals surface area contributed by atoms with Crippen LogP contribution in [0, 0.1) is 0 Å². The molecule has 9 nitrogen and oxygen atoms in total. The van der Waals surface area contributed by atoms with E-state index in [1.165, 1.54) is 77.0 Å². The summed E-state index contributed by atoms with van der Waals surface area (Å²) in [5, 5.41) is 0. The molecular formula is C45H77NO8P-. The predicted molar refractivity (Wildman–Crippen MR) is 226 cm³/mol. The standard InChI is InChI=1S/C45H78NO8P/c1-3-5-7-9-11-13-15-17-19-20-21-22-24-26-28-30-32-34-36-38-45(48)54-43(42-53-55(49,50)52-40-39-46)41-51-44(47)37-35-33-31-29-27-25-23-18-16-14-12-10-8-6-4-2/h5,7,11,13,17,19,21-22,26,28,32,34,43H,3-4,6,8-10,12,14-16,18,20,23-25,27,29-31,33,35-42,46H2,1-2H3,(H,49,50)/p-1/b7-5-,13-11-,19-17-,22-21-,28-26-,34-32-/t43-/m1/s1. The Morgan fingerprint density at radius 3 is 1.45 bits per heavy atom. The highest BCUT2D eigenvalue weighted by Crippen LogP contribution is 2.38. The van der Waals surface area contributed by atoms with E-state index >= 15 is 0 Å². The Balaban J connectivity index is 4.30. The Morgan fingerprint density at radius 2 is 1.00 bits per heavy atom. The van der Waals surface area contributed by atoms with Gasteiger partial charge in [0, 0.05) is 19.4 Å². The SMILES string of the molecule is CC/C=C\C/C=C\C/C=C\C/C=C\C/C=C\C/C=C\CCC(=O)O[C@H](COC(=O)CCCCCCCCCCCCCCCCC)COP(=O)([O-])OCCN. The minimum Gasteiger partial charge on any atom is -0.756 e. The van der Waals surface area contributed by atoms with Crippen molar-refractivity contribution in [1.82, 2.24) is 0 Å². The maximum atomic E-state index is 12.5. The Kier molecular flexibility index (Phi) is 39.2. The van der Waals surface area contributed by atoms with E-state index in [9.17, 15) is 19.0 Å². The van der Waals surface area contributed by atoms with E-state index in [4.69, 9.17) is 19.7 Å². The Morgan fingerprint density at radius 1 is 0.564 bits per heavy atom. The molecule has 0 aromatic heterocycles. The molecule has 0 aliphatic heterocycles. The van der Waals surface area contributed by atoms with Crippen LogP contribution in [0.15, 0.2) is 72.9 Å². The lowest BCUT2D eigenvalue weighted by atomic mass is 10.0. The van der Waals surface area contributed by atoms with Gasteiger partial charge >= 0.3 is 11.9 Å². The van der Waals surface area contributed by atoms with Gasteiger partial charge in [-0.15, -0.1) is 0 Å². The molecular weight excluding hydrogens is 713 g/mol. The molecule has 2 atom stereocenters. The summed E-state index contributed by atoms with van der Waals surface area (Å²) in [6.07, 6.45) is 49.2. The summed E-state index contributed by atoms with van der Waals surface area (Å²) < 4.78 is 32.3. The van der Waals surface area contributed by atoms with Gasteiger partial charge in [0.05, 0.1) is 13.2 Å². The first-order valence-corrected chi connectivity index (χ1v) is 22.9. The molecule has 0 aromatic rings. The minimum absolute atomic E-state index is 0.000473. The number of ether oxygens (including phenoxy) is 2. The molecule has 0 spiro atoms. The van der Waals surface area contributed by atoms with Crippen LogP contribution in [0.4, 0.5) is 0 Å². The van der Waals surface area contributed by atoms with Gasteiger partial charge in [0.2, 0.25) is 0 Å². The van der Waals surface area contributed by atoms with Crippen LogP contribution in [0.5, 0.6) is 0 Å². The third-order valence-electron chi connectivity index (χ3n) is 8.61. The van der Waals surface area contributed by atoms with Crippen molar-refractivity contribution in [2.75, 3.05) is 26.4 Å². The third kappa shape index (κ3) is 40.9. The smallest absolute Gasteiger partial charge is 0.306 e. The van der Waals surface area contributed by atoms with E-state index in [1.807, 2.05) is 12.2 Å². The summed E-state index contributed by atoms with van der Waals surface area (Å²) in [5.74, 6) is -0.964. The van der Waals surface area contributed by atoms with Gasteiger partial charge in [0.15, 0.2) is 6.10 Å². The topological polar surface area (TPSA) is 137 Å². The van der Waals surface area contributed by atoms with Gasteiger partial charge in [-0.2, -0.15) is 0 Å². The van der Waals surface area contributed by atoms with Crippen LogP contribution in [0.2, 0.25) is 0 Å². The molecule has 0 saturated carbocycles. The van der Waals surface area contributed by atoms with Gasteiger partial charge in [0.1, 0.15) is 6.61 Å². The fourth-order valence-corrected chi connectivity index (χ4v) is 6.23. The largest absolute Gasteiger partial charge is 0.756 e. The molecule has 0 heterocycles. The van der Waals surface area contributed by atoms with E-state index in [0.717, 1.165) is 51.4 Å². The lowest BCUT2D eigenvalue weighted by Crippen LogP contribution is -2.30. The zero-order valence-electron chi connectivity index (χ0n) is 34.6. The highest BCUT2D eigenvalue weighted by Gasteiger charge is 2.20. The molecule has 0 amide bonds. The molecule has 0 bridgehead atoms. The van der Waals surface area contributed by atoms with Crippen LogP contribution < -0.4 is 10.6 Å². The van der Waals surface area contributed by atoms with Crippen molar-refractivity contribution in [2.45, 2.75) is 174 Å². The fourth-order valence-electron chi connectivity index (χ4n) is 5.48. The Labute approximate surface area is 335 Å². The van der Waals surface area contributed by atoms with Crippen LogP contribution in [0.25, 0.3) is 0 Å². The highest BCUT2D eigenvalue weighted by molar-refractivity contribution is 7.45. The van der Waals surface area contributed by atoms with Crippen LogP contribution in [-0.2, 0) is 32.7 Å². The van der Waals surface area contributed by atoms with Gasteiger partial charge in [0.25, 0.3) is 7.82 Å². The number of carbonyl (C=O) groups excluding carboxylic acids is 2. The van der Waals surface area contributed by atoms with Gasteiger partial charge in [-0.05, 0) is 51.4 Å². The molecule has 0 radical (unpaired) electrons. The average molecular weight is 791 g/mol. The average Bonchev–Trinajstić information content (AvgIpc) is 3.17. The summed E-state index contributed by atoms with van der Waals surface area (Å²) in [4.78, 5) is 36.9. The fraction of sp³-hybridized carbons (Fsp3) is 0.689. The second-order valence-corrected chi connectivity index (χ2v) is 15.2. The van der Waals surface area contributed by atoms with Crippen LogP contribution in [0.1, 0.15) is 168 Å². The monoisotopic (exact) mass is 791 g/mol. The number of hydrogen-bond acceptors (Lipinski definition) is 9. The van der Waals surface area contributed by atoms with Crippen molar-refractivity contribution in [1.29, 1.82) is 0 Å². The highest BCUT2D eigenvalue weighted by atomic mass is 31.2. The number of esters is 2. The molecule has 0 rings (SSSR count). The number of nitrogens with two attached hydrogens (primary N) is 1. The van der Waals surface area contributed by atoms with Crippen molar-refractivity contribution in [3.8, 4) is 0 Å². The summed E-state index contributed by atoms with van der Waals surface area (Å²) >= 11 is 0. The Hall–Kier alpha value is -2.55. The Bertz CT molecular complexity index is 1130. The molecule has 10 heteroatoms. The number of allylic oxidation sites excluding steroid dienone is 12. The van der Waals surface area contributed by atoms with Crippen molar-refractivity contribution in [3.63, 3.8) is 0 Å². The van der Waals surface area contributed by atoms with Crippen molar-refractivity contribution >= 4 is 19.8 Å². The number of unbranched alkanes of at least 4 members (excludes halogenated alkanes) is 14. The van der Waals surface area contributed by atoms with Gasteiger partial charge in [-0.3, -0.25) is 14.2 Å². The summed E-state index contributed by atoms with van der Waals surface area (Å²) in [6.45, 7) is 3.33. The molecule has 0 aromatic carbocycles. The second kappa shape index (κ2) is 41.1. The zero-order chi connectivity index (χ0) is 40.3. The number of carbonyl (C=O) groups is 2. The van der Waals surface area contributed by atoms with Gasteiger partial charge in [-0.25, -0.2) is 0 Å². The van der Waals surface area contributed by atoms with Crippen molar-refractivity contribution in [2.24, 2.45) is 5.73 Å². The molecule has 55 heavy (non-hydrogen) atoms. The van der Waals surface area contributed by atoms with E-state index < -0.39 is 32.5 Å². The lowest BCUT2D eigenvalue weighted by molar-refractivity contribution is -0.228. The summed E-state index contributed by atoms with van der Waals surface area (Å²) in [6, 6.07) is 0. The maximum Gasteiger partial charge on any atom is 0.306 e. The quantitative estimate of drug-likeness (QED) is 0.0279. The van der Waals surface area contributed by atoms with Crippen molar-refractivity contribution in [3.05, 3.63) is 72.9 Å². The van der Waals surface area contributed by atoms with Gasteiger partial charge in [-0.1, -0.05) is 177 Å². The normalized spacial score (nSPS) is 14.0. The number of rotatable bonds is 39. The molecule has 0 saturated heterocycles. The van der Waals surface area contributed by atoms with E-state index in [0.29, 0.717) is 12.8 Å². The van der Waals surface area contributed by atoms with Crippen LogP contribution >= 0.6 is 7.82 Å². The molecule has 1 unspecified atom stereocenters. The number of phosphoric acid groups is 1. The summed E-state index contributed by atoms with van der Waals surface area (Å²) in [7, 11) is -4.65. The minimum atomic E-state index is -4.65. The number of hydrogen-bond donors (Lipinski definition) is 1. The second-order valence-electron chi connectivity index (χ2n) is 13.8. The molecule has 2 N–H and O–H groups in total. The van der Waals surface area contributed by atoms with E-state index in [2.05, 4.69) is 79.1 Å². The van der Waals surface area contributed by atoms with Gasteiger partial charge < -0.3 is 29.1 Å². The predicted octanol–water partition coefficient (Wildman–Crippen LogP) is 11.6. The lowest BCUT2D eigenvalue weighted by Gasteiger charge is -2.25. The maximum absolute atomic E-state index is 12.5. The first-order chi connectivity index (χ1) is 26.8. The van der Waals surface area contributed by atoms with Crippen LogP contribution in [0.3, 0.4) is 0 Å². The first-order valence-electron chi connectivity index (χ1n) is 21.4. The molecule has 0 fully saturated rings. The van der Waals surface area contributed by atoms with E-state index in [1.54, 1.807) is 0 Å². The molecule has 316 valence electrons. The summed E-state index contributed by atoms with van der Waals surface area (Å²) in [5.41, 5.74) is 5.31.